The van der Waals surface area contributed by atoms with Gasteiger partial charge >= 0.3 is 11.9 Å². The van der Waals surface area contributed by atoms with E-state index < -0.39 is 11.9 Å². The van der Waals surface area contributed by atoms with Crippen molar-refractivity contribution in [2.45, 2.75) is 19.3 Å². The van der Waals surface area contributed by atoms with Crippen LogP contribution in [-0.2, 0) is 9.59 Å². The summed E-state index contributed by atoms with van der Waals surface area (Å²) >= 11 is 1.53. The molecule has 0 amide bonds. The highest BCUT2D eigenvalue weighted by Gasteiger charge is 2.25. The summed E-state index contributed by atoms with van der Waals surface area (Å²) in [6.45, 7) is 3.54. The number of hydrogen-bond donors (Lipinski definition) is 3. The van der Waals surface area contributed by atoms with Gasteiger partial charge in [0.05, 0.1) is 5.69 Å². The molecule has 3 rings (SSSR count). The monoisotopic (exact) mass is 351 g/mol. The summed E-state index contributed by atoms with van der Waals surface area (Å²) < 4.78 is 0. The van der Waals surface area contributed by atoms with Crippen LogP contribution in [0.15, 0.2) is 23.6 Å². The molecule has 7 nitrogen and oxygen atoms in total. The second kappa shape index (κ2) is 8.60. The highest BCUT2D eigenvalue weighted by molar-refractivity contribution is 7.13. The third-order valence-electron chi connectivity index (χ3n) is 3.66. The normalized spacial score (nSPS) is 17.9. The van der Waals surface area contributed by atoms with Crippen LogP contribution in [0.4, 0.5) is 5.13 Å². The minimum Gasteiger partial charge on any atom is -0.478 e. The van der Waals surface area contributed by atoms with Gasteiger partial charge in [0.1, 0.15) is 0 Å². The zero-order valence-electron chi connectivity index (χ0n) is 13.2. The molecule has 130 valence electrons. The van der Waals surface area contributed by atoms with E-state index in [1.54, 1.807) is 0 Å². The van der Waals surface area contributed by atoms with Gasteiger partial charge in [-0.3, -0.25) is 4.90 Å². The molecule has 8 heteroatoms. The van der Waals surface area contributed by atoms with E-state index in [2.05, 4.69) is 21.3 Å². The van der Waals surface area contributed by atoms with Crippen LogP contribution in [-0.4, -0.2) is 51.7 Å². The molecule has 0 unspecified atom stereocenters. The van der Waals surface area contributed by atoms with Crippen molar-refractivity contribution in [1.29, 1.82) is 0 Å². The number of carboxylic acids is 2. The maximum atomic E-state index is 9.55. The molecular formula is C16H21N3O4S. The lowest BCUT2D eigenvalue weighted by atomic mass is 10.1. The van der Waals surface area contributed by atoms with Gasteiger partial charge in [0, 0.05) is 37.2 Å². The summed E-state index contributed by atoms with van der Waals surface area (Å²) in [6.07, 6.45) is 7.44. The molecule has 1 aromatic rings. The Kier molecular flexibility index (Phi) is 6.51. The number of nitrogen functional groups attached to an aromatic ring is 1. The Bertz CT molecular complexity index is 634. The van der Waals surface area contributed by atoms with E-state index in [9.17, 15) is 9.59 Å². The smallest absolute Gasteiger partial charge is 0.328 e. The number of carbonyl (C=O) groups is 2. The quantitative estimate of drug-likeness (QED) is 0.694. The Balaban J connectivity index is 0.000000224. The number of rotatable bonds is 5. The average molecular weight is 351 g/mol. The fourth-order valence-electron chi connectivity index (χ4n) is 2.39. The van der Waals surface area contributed by atoms with Crippen LogP contribution in [0.1, 0.15) is 25.0 Å². The van der Waals surface area contributed by atoms with Crippen molar-refractivity contribution in [3.05, 3.63) is 29.3 Å². The molecule has 1 aliphatic carbocycles. The number of aliphatic carboxylic acids is 2. The van der Waals surface area contributed by atoms with Crippen molar-refractivity contribution < 1.29 is 19.8 Å². The van der Waals surface area contributed by atoms with Crippen molar-refractivity contribution in [1.82, 2.24) is 9.88 Å². The summed E-state index contributed by atoms with van der Waals surface area (Å²) in [7, 11) is 0. The lowest BCUT2D eigenvalue weighted by Gasteiger charge is -2.26. The largest absolute Gasteiger partial charge is 0.478 e. The minimum absolute atomic E-state index is 0.558. The van der Waals surface area contributed by atoms with Crippen LogP contribution in [0.3, 0.4) is 0 Å². The van der Waals surface area contributed by atoms with Crippen molar-refractivity contribution in [3.63, 3.8) is 0 Å². The Morgan fingerprint density at radius 3 is 2.50 bits per heavy atom. The standard InChI is InChI=1S/C12H17N3S.C4H4O4/c13-12-14-11(8-16-12)10-2-1-5-15(7-10)6-9-3-4-9;5-3(6)1-2-4(7)8/h2,8-9H,1,3-7H2,(H2,13,14);1-2H,(H,5,6)(H,7,8)/b;2-1-. The third-order valence-corrected chi connectivity index (χ3v) is 4.34. The molecule has 1 saturated carbocycles. The van der Waals surface area contributed by atoms with Gasteiger partial charge in [-0.15, -0.1) is 11.3 Å². The van der Waals surface area contributed by atoms with Gasteiger partial charge in [0.2, 0.25) is 0 Å². The summed E-state index contributed by atoms with van der Waals surface area (Å²) in [5, 5.41) is 18.4. The van der Waals surface area contributed by atoms with Gasteiger partial charge in [-0.1, -0.05) is 6.08 Å². The fourth-order valence-corrected chi connectivity index (χ4v) is 2.98. The number of thiazole rings is 1. The van der Waals surface area contributed by atoms with Crippen LogP contribution < -0.4 is 5.73 Å². The minimum atomic E-state index is -1.26. The SMILES string of the molecule is Nc1nc(C2=CCCN(CC3CC3)C2)cs1.O=C(O)/C=C\C(=O)O. The molecule has 4 N–H and O–H groups in total. The van der Waals surface area contributed by atoms with Gasteiger partial charge in [-0.05, 0) is 30.8 Å². The second-order valence-electron chi connectivity index (χ2n) is 5.78. The summed E-state index contributed by atoms with van der Waals surface area (Å²) in [5.41, 5.74) is 8.12. The van der Waals surface area contributed by atoms with E-state index >= 15 is 0 Å². The molecule has 2 aliphatic rings. The van der Waals surface area contributed by atoms with Crippen LogP contribution in [0.5, 0.6) is 0 Å². The molecule has 1 fully saturated rings. The number of hydrogen-bond acceptors (Lipinski definition) is 6. The van der Waals surface area contributed by atoms with Crippen LogP contribution >= 0.6 is 11.3 Å². The van der Waals surface area contributed by atoms with Crippen molar-refractivity contribution in [2.24, 2.45) is 5.92 Å². The predicted octanol–water partition coefficient (Wildman–Crippen LogP) is 1.94. The number of anilines is 1. The van der Waals surface area contributed by atoms with Crippen molar-refractivity contribution >= 4 is 34.0 Å². The van der Waals surface area contributed by atoms with E-state index in [1.807, 2.05) is 0 Å². The predicted molar refractivity (Wildman–Crippen MR) is 92.7 cm³/mol. The highest BCUT2D eigenvalue weighted by atomic mass is 32.1. The molecular weight excluding hydrogens is 330 g/mol. The molecule has 0 radical (unpaired) electrons. The van der Waals surface area contributed by atoms with Crippen LogP contribution in [0, 0.1) is 5.92 Å². The zero-order valence-corrected chi connectivity index (χ0v) is 14.0. The Morgan fingerprint density at radius 1 is 1.33 bits per heavy atom. The summed E-state index contributed by atoms with van der Waals surface area (Å²) in [4.78, 5) is 26.0. The number of carboxylic acid groups (broad SMARTS) is 2. The third kappa shape index (κ3) is 6.51. The van der Waals surface area contributed by atoms with E-state index in [4.69, 9.17) is 15.9 Å². The lowest BCUT2D eigenvalue weighted by molar-refractivity contribution is -0.134. The van der Waals surface area contributed by atoms with Gasteiger partial charge in [0.25, 0.3) is 0 Å². The molecule has 2 heterocycles. The van der Waals surface area contributed by atoms with Crippen molar-refractivity contribution in [3.8, 4) is 0 Å². The zero-order chi connectivity index (χ0) is 17.5. The van der Waals surface area contributed by atoms with Crippen molar-refractivity contribution in [2.75, 3.05) is 25.4 Å². The molecule has 0 spiro atoms. The molecule has 0 bridgehead atoms. The van der Waals surface area contributed by atoms with E-state index in [-0.39, 0.29) is 0 Å². The van der Waals surface area contributed by atoms with E-state index in [1.165, 1.54) is 42.8 Å². The first-order chi connectivity index (χ1) is 11.4. The van der Waals surface area contributed by atoms with Gasteiger partial charge in [-0.25, -0.2) is 14.6 Å². The molecule has 0 aromatic carbocycles. The molecule has 0 atom stereocenters. The van der Waals surface area contributed by atoms with Crippen LogP contribution in [0.2, 0.25) is 0 Å². The van der Waals surface area contributed by atoms with E-state index in [0.717, 1.165) is 24.6 Å². The maximum Gasteiger partial charge on any atom is 0.328 e. The topological polar surface area (TPSA) is 117 Å². The molecule has 24 heavy (non-hydrogen) atoms. The van der Waals surface area contributed by atoms with Gasteiger partial charge in [0.15, 0.2) is 5.13 Å². The molecule has 1 aromatic heterocycles. The van der Waals surface area contributed by atoms with E-state index in [0.29, 0.717) is 17.3 Å². The molecule has 1 aliphatic heterocycles. The first kappa shape index (κ1) is 18.2. The average Bonchev–Trinajstić information content (AvgIpc) is 3.24. The first-order valence-electron chi connectivity index (χ1n) is 7.70. The van der Waals surface area contributed by atoms with Gasteiger partial charge in [-0.2, -0.15) is 0 Å². The van der Waals surface area contributed by atoms with Crippen LogP contribution in [0.25, 0.3) is 5.57 Å². The highest BCUT2D eigenvalue weighted by Crippen LogP contribution is 2.31. The van der Waals surface area contributed by atoms with Gasteiger partial charge < -0.3 is 15.9 Å². The number of nitrogens with zero attached hydrogens (tertiary/aromatic N) is 2. The maximum absolute atomic E-state index is 9.55. The Hall–Kier alpha value is -2.19. The second-order valence-corrected chi connectivity index (χ2v) is 6.67. The number of aromatic nitrogens is 1. The summed E-state index contributed by atoms with van der Waals surface area (Å²) in [6, 6.07) is 0. The Morgan fingerprint density at radius 2 is 2.00 bits per heavy atom. The first-order valence-corrected chi connectivity index (χ1v) is 8.58. The molecule has 0 saturated heterocycles. The number of nitrogens with two attached hydrogens (primary N) is 1. The summed E-state index contributed by atoms with van der Waals surface area (Å²) in [5.74, 6) is -1.54. The Labute approximate surface area is 144 Å². The lowest BCUT2D eigenvalue weighted by Crippen LogP contribution is -2.31. The fraction of sp³-hybridized carbons (Fsp3) is 0.438.